The molecule has 0 fully saturated rings. The van der Waals surface area contributed by atoms with Crippen LogP contribution in [0, 0.1) is 20.3 Å². The molecule has 1 atom stereocenters. The van der Waals surface area contributed by atoms with Gasteiger partial charge in [0.25, 0.3) is 0 Å². The molecule has 0 spiro atoms. The molecular weight excluding hydrogens is 173 g/mol. The minimum Gasteiger partial charge on any atom is -0.358 e. The molecule has 0 aliphatic carbocycles. The second kappa shape index (κ2) is 11.0. The van der Waals surface area contributed by atoms with Crippen LogP contribution in [0.3, 0.4) is 0 Å². The summed E-state index contributed by atoms with van der Waals surface area (Å²) in [7, 11) is 0. The molecule has 0 nitrogen and oxygen atoms in total. The number of hydrogen-bond donors (Lipinski definition) is 0. The summed E-state index contributed by atoms with van der Waals surface area (Å²) in [5.74, 6) is 0.824. The Labute approximate surface area is 79.3 Å². The van der Waals surface area contributed by atoms with Crippen LogP contribution in [0.5, 0.6) is 0 Å². The van der Waals surface area contributed by atoms with Crippen molar-refractivity contribution in [3.63, 3.8) is 0 Å². The first-order valence-electron chi connectivity index (χ1n) is 2.60. The Morgan fingerprint density at radius 3 is 1.88 bits per heavy atom. The van der Waals surface area contributed by atoms with E-state index >= 15 is 0 Å². The van der Waals surface area contributed by atoms with Crippen molar-refractivity contribution in [1.29, 1.82) is 0 Å². The molecule has 0 aliphatic rings. The third kappa shape index (κ3) is 10.2. The summed E-state index contributed by atoms with van der Waals surface area (Å²) >= 11 is 0. The summed E-state index contributed by atoms with van der Waals surface area (Å²) in [6.07, 6.45) is 2.35. The normalized spacial score (nSPS) is 10.9. The average molecular weight is 189 g/mol. The monoisotopic (exact) mass is 189 g/mol. The molecule has 0 heterocycles. The van der Waals surface area contributed by atoms with Crippen LogP contribution in [-0.2, 0) is 32.7 Å². The van der Waals surface area contributed by atoms with E-state index in [4.69, 9.17) is 0 Å². The van der Waals surface area contributed by atoms with Crippen LogP contribution in [0.4, 0.5) is 0 Å². The summed E-state index contributed by atoms with van der Waals surface area (Å²) in [5.41, 5.74) is 0. The summed E-state index contributed by atoms with van der Waals surface area (Å²) in [6, 6.07) is 0. The van der Waals surface area contributed by atoms with Gasteiger partial charge in [-0.25, -0.2) is 0 Å². The molecular formula is C7H16Y-2. The van der Waals surface area contributed by atoms with Crippen molar-refractivity contribution in [2.24, 2.45) is 5.92 Å². The average Bonchev–Trinajstić information content (AvgIpc) is 1.65. The van der Waals surface area contributed by atoms with E-state index in [1.165, 1.54) is 6.42 Å². The van der Waals surface area contributed by atoms with Crippen molar-refractivity contribution in [2.45, 2.75) is 26.7 Å². The van der Waals surface area contributed by atoms with Crippen LogP contribution in [-0.4, -0.2) is 0 Å². The first-order valence-corrected chi connectivity index (χ1v) is 2.60. The quantitative estimate of drug-likeness (QED) is 0.586. The van der Waals surface area contributed by atoms with E-state index < -0.39 is 0 Å². The molecule has 0 aromatic rings. The van der Waals surface area contributed by atoms with E-state index in [9.17, 15) is 0 Å². The van der Waals surface area contributed by atoms with E-state index in [0.29, 0.717) is 0 Å². The third-order valence-corrected chi connectivity index (χ3v) is 1.19. The molecule has 0 saturated carbocycles. The van der Waals surface area contributed by atoms with Crippen LogP contribution in [0.1, 0.15) is 26.7 Å². The van der Waals surface area contributed by atoms with Crippen molar-refractivity contribution in [1.82, 2.24) is 0 Å². The fourth-order valence-corrected chi connectivity index (χ4v) is 0.204. The van der Waals surface area contributed by atoms with Gasteiger partial charge in [0.2, 0.25) is 0 Å². The van der Waals surface area contributed by atoms with Crippen molar-refractivity contribution in [3.05, 3.63) is 14.4 Å². The first kappa shape index (κ1) is 16.0. The van der Waals surface area contributed by atoms with Gasteiger partial charge in [-0.3, -0.25) is 0 Å². The minimum atomic E-state index is 0. The van der Waals surface area contributed by atoms with Crippen molar-refractivity contribution in [2.75, 3.05) is 0 Å². The molecule has 0 aliphatic heterocycles. The predicted molar refractivity (Wildman–Crippen MR) is 35.8 cm³/mol. The first-order chi connectivity index (χ1) is 2.81. The zero-order chi connectivity index (χ0) is 4.99. The molecule has 0 aromatic heterocycles. The van der Waals surface area contributed by atoms with E-state index in [1.54, 1.807) is 0 Å². The van der Waals surface area contributed by atoms with E-state index in [0.717, 1.165) is 12.3 Å². The molecule has 8 heavy (non-hydrogen) atoms. The standard InChI is InChI=1S/C6H13.CH3.Y/c1-4-6(3)5-2;;/h6H,1,4-5H2,2-3H3;1H3;/q2*-1;. The van der Waals surface area contributed by atoms with Crippen LogP contribution in [0.15, 0.2) is 0 Å². The zero-order valence-corrected chi connectivity index (χ0v) is 9.11. The topological polar surface area (TPSA) is 0 Å². The Morgan fingerprint density at radius 2 is 1.88 bits per heavy atom. The van der Waals surface area contributed by atoms with Gasteiger partial charge in [-0.1, -0.05) is 26.2 Å². The molecule has 0 amide bonds. The van der Waals surface area contributed by atoms with Gasteiger partial charge in [-0.15, -0.1) is 0 Å². The fourth-order valence-electron chi connectivity index (χ4n) is 0.204. The molecule has 1 radical (unpaired) electrons. The molecule has 0 rings (SSSR count). The van der Waals surface area contributed by atoms with E-state index in [1.807, 2.05) is 0 Å². The fraction of sp³-hybridized carbons (Fsp3) is 0.714. The Balaban J connectivity index is -0.000000125. The molecule has 0 aromatic carbocycles. The summed E-state index contributed by atoms with van der Waals surface area (Å²) in [6.45, 7) is 8.16. The smallest absolute Gasteiger partial charge is 0 e. The van der Waals surface area contributed by atoms with Crippen LogP contribution in [0.2, 0.25) is 0 Å². The molecule has 0 bridgehead atoms. The third-order valence-electron chi connectivity index (χ3n) is 1.19. The van der Waals surface area contributed by atoms with Crippen molar-refractivity contribution in [3.8, 4) is 0 Å². The molecule has 1 heteroatoms. The van der Waals surface area contributed by atoms with E-state index in [-0.39, 0.29) is 40.1 Å². The Kier molecular flexibility index (Phi) is 22.0. The van der Waals surface area contributed by atoms with Gasteiger partial charge in [-0.05, 0) is 0 Å². The Morgan fingerprint density at radius 1 is 1.50 bits per heavy atom. The maximum absolute atomic E-state index is 3.76. The summed E-state index contributed by atoms with van der Waals surface area (Å²) in [5, 5.41) is 0. The summed E-state index contributed by atoms with van der Waals surface area (Å²) in [4.78, 5) is 0. The van der Waals surface area contributed by atoms with Gasteiger partial charge >= 0.3 is 0 Å². The van der Waals surface area contributed by atoms with Crippen molar-refractivity contribution >= 4 is 0 Å². The maximum atomic E-state index is 3.76. The van der Waals surface area contributed by atoms with Gasteiger partial charge in [0.1, 0.15) is 0 Å². The van der Waals surface area contributed by atoms with Gasteiger partial charge in [0, 0.05) is 32.7 Å². The number of rotatable bonds is 2. The molecule has 0 N–H and O–H groups in total. The Hall–Kier alpha value is 1.10. The number of hydrogen-bond acceptors (Lipinski definition) is 0. The minimum absolute atomic E-state index is 0. The van der Waals surface area contributed by atoms with Gasteiger partial charge < -0.3 is 14.4 Å². The predicted octanol–water partition coefficient (Wildman–Crippen LogP) is 2.70. The van der Waals surface area contributed by atoms with Crippen molar-refractivity contribution < 1.29 is 32.7 Å². The van der Waals surface area contributed by atoms with Gasteiger partial charge in [-0.2, -0.15) is 6.42 Å². The zero-order valence-electron chi connectivity index (χ0n) is 6.28. The molecule has 0 saturated heterocycles. The van der Waals surface area contributed by atoms with Crippen LogP contribution in [0.25, 0.3) is 0 Å². The van der Waals surface area contributed by atoms with Crippen LogP contribution < -0.4 is 0 Å². The van der Waals surface area contributed by atoms with Gasteiger partial charge in [0.05, 0.1) is 0 Å². The molecule has 49 valence electrons. The second-order valence-corrected chi connectivity index (χ2v) is 1.80. The largest absolute Gasteiger partial charge is 0.358 e. The van der Waals surface area contributed by atoms with Gasteiger partial charge in [0.15, 0.2) is 0 Å². The summed E-state index contributed by atoms with van der Waals surface area (Å²) < 4.78 is 0. The molecule has 1 unspecified atom stereocenters. The van der Waals surface area contributed by atoms with E-state index in [2.05, 4.69) is 20.8 Å². The Bertz CT molecular complexity index is 23.6. The SMILES string of the molecule is [CH2-]CC(C)CC.[CH3-].[Y]. The van der Waals surface area contributed by atoms with Crippen LogP contribution >= 0.6 is 0 Å². The maximum Gasteiger partial charge on any atom is 0 e. The second-order valence-electron chi connectivity index (χ2n) is 1.80.